The zero-order valence-corrected chi connectivity index (χ0v) is 20.7. The van der Waals surface area contributed by atoms with Gasteiger partial charge in [-0.05, 0) is 55.5 Å². The number of esters is 2. The van der Waals surface area contributed by atoms with Crippen molar-refractivity contribution < 1.29 is 33.4 Å². The van der Waals surface area contributed by atoms with Crippen LogP contribution in [0.25, 0.3) is 0 Å². The molecule has 1 N–H and O–H groups in total. The number of hydrogen-bond donors (Lipinski definition) is 1. The first kappa shape index (κ1) is 27.3. The number of carbonyl (C=O) groups excluding carboxylic acids is 5. The van der Waals surface area contributed by atoms with Crippen molar-refractivity contribution in [2.75, 3.05) is 11.9 Å². The summed E-state index contributed by atoms with van der Waals surface area (Å²) in [4.78, 5) is 60.8. The van der Waals surface area contributed by atoms with Gasteiger partial charge < -0.3 is 14.8 Å². The number of anilines is 1. The third-order valence-corrected chi connectivity index (χ3v) is 5.45. The molecule has 0 unspecified atom stereocenters. The van der Waals surface area contributed by atoms with Crippen LogP contribution in [0.1, 0.15) is 50.8 Å². The van der Waals surface area contributed by atoms with Crippen LogP contribution in [0.3, 0.4) is 0 Å². The lowest BCUT2D eigenvalue weighted by Crippen LogP contribution is -2.24. The average Bonchev–Trinajstić information content (AvgIpc) is 2.91. The van der Waals surface area contributed by atoms with Crippen LogP contribution in [0.4, 0.5) is 5.69 Å². The highest BCUT2D eigenvalue weighted by atomic mass is 35.5. The molecular weight excluding hydrogens is 498 g/mol. The second-order valence-corrected chi connectivity index (χ2v) is 8.43. The average molecular weight is 522 g/mol. The molecule has 190 valence electrons. The number of rotatable bonds is 11. The van der Waals surface area contributed by atoms with Crippen molar-refractivity contribution in [2.24, 2.45) is 0 Å². The number of ether oxygens (including phenoxy) is 2. The highest BCUT2D eigenvalue weighted by Crippen LogP contribution is 2.14. The Morgan fingerprint density at radius 3 is 2.05 bits per heavy atom. The lowest BCUT2D eigenvalue weighted by molar-refractivity contribution is -0.143. The zero-order valence-electron chi connectivity index (χ0n) is 19.9. The van der Waals surface area contributed by atoms with Gasteiger partial charge in [-0.2, -0.15) is 0 Å². The second kappa shape index (κ2) is 13.1. The predicted octanol–water partition coefficient (Wildman–Crippen LogP) is 4.91. The van der Waals surface area contributed by atoms with E-state index in [1.807, 2.05) is 0 Å². The molecule has 0 fully saturated rings. The molecular formula is C28H24ClNO7. The van der Waals surface area contributed by atoms with Crippen LogP contribution in [-0.2, 0) is 19.1 Å². The summed E-state index contributed by atoms with van der Waals surface area (Å²) in [6, 6.07) is 20.6. The summed E-state index contributed by atoms with van der Waals surface area (Å²) in [6.45, 7) is 1.07. The fourth-order valence-corrected chi connectivity index (χ4v) is 3.31. The maximum Gasteiger partial charge on any atom is 0.338 e. The van der Waals surface area contributed by atoms with Crippen LogP contribution < -0.4 is 5.32 Å². The number of Topliss-reactive ketones (excluding diaryl/α,β-unsaturated/α-hetero) is 2. The fraction of sp³-hybridized carbons (Fsp3) is 0.179. The molecule has 0 bridgehead atoms. The van der Waals surface area contributed by atoms with E-state index in [0.29, 0.717) is 21.8 Å². The molecule has 0 aliphatic carbocycles. The Balaban J connectivity index is 1.41. The van der Waals surface area contributed by atoms with E-state index < -0.39 is 30.6 Å². The van der Waals surface area contributed by atoms with Crippen molar-refractivity contribution in [3.8, 4) is 0 Å². The Morgan fingerprint density at radius 1 is 0.784 bits per heavy atom. The molecule has 0 aliphatic heterocycles. The second-order valence-electron chi connectivity index (χ2n) is 7.99. The molecule has 3 aromatic rings. The molecule has 3 aromatic carbocycles. The number of amides is 1. The van der Waals surface area contributed by atoms with Gasteiger partial charge in [-0.25, -0.2) is 4.79 Å². The van der Waals surface area contributed by atoms with Crippen LogP contribution in [0, 0.1) is 0 Å². The number of benzene rings is 3. The summed E-state index contributed by atoms with van der Waals surface area (Å²) in [7, 11) is 0. The van der Waals surface area contributed by atoms with E-state index in [-0.39, 0.29) is 30.0 Å². The highest BCUT2D eigenvalue weighted by Gasteiger charge is 2.20. The standard InChI is InChI=1S/C28H24ClNO7/c1-18(27(34)20-5-3-2-4-6-20)37-28(35)21-9-13-23(14-10-21)30-25(32)15-16-26(33)36-17-24(31)19-7-11-22(29)12-8-19/h2-14,18H,15-17H2,1H3,(H,30,32)/t18-/m0/s1. The minimum Gasteiger partial charge on any atom is -0.457 e. The lowest BCUT2D eigenvalue weighted by atomic mass is 10.1. The van der Waals surface area contributed by atoms with Crippen LogP contribution in [0.2, 0.25) is 5.02 Å². The summed E-state index contributed by atoms with van der Waals surface area (Å²) >= 11 is 5.78. The van der Waals surface area contributed by atoms with Crippen LogP contribution in [0.5, 0.6) is 0 Å². The number of hydrogen-bond acceptors (Lipinski definition) is 7. The van der Waals surface area contributed by atoms with E-state index >= 15 is 0 Å². The van der Waals surface area contributed by atoms with E-state index in [9.17, 15) is 24.0 Å². The highest BCUT2D eigenvalue weighted by molar-refractivity contribution is 6.30. The molecule has 0 saturated carbocycles. The Bertz CT molecular complexity index is 1270. The summed E-state index contributed by atoms with van der Waals surface area (Å²) in [5.41, 5.74) is 1.42. The first-order chi connectivity index (χ1) is 17.7. The minimum absolute atomic E-state index is 0.156. The normalized spacial score (nSPS) is 11.2. The van der Waals surface area contributed by atoms with Crippen LogP contribution in [-0.4, -0.2) is 42.1 Å². The van der Waals surface area contributed by atoms with Gasteiger partial charge in [0.2, 0.25) is 11.7 Å². The van der Waals surface area contributed by atoms with Crippen LogP contribution in [0.15, 0.2) is 78.9 Å². The van der Waals surface area contributed by atoms with Gasteiger partial charge in [0, 0.05) is 28.3 Å². The maximum absolute atomic E-state index is 12.4. The van der Waals surface area contributed by atoms with Crippen LogP contribution >= 0.6 is 11.6 Å². The maximum atomic E-state index is 12.4. The van der Waals surface area contributed by atoms with Gasteiger partial charge in [-0.1, -0.05) is 41.9 Å². The van der Waals surface area contributed by atoms with E-state index in [1.165, 1.54) is 43.3 Å². The summed E-state index contributed by atoms with van der Waals surface area (Å²) in [5, 5.41) is 3.09. The van der Waals surface area contributed by atoms with Gasteiger partial charge in [-0.3, -0.25) is 19.2 Å². The summed E-state index contributed by atoms with van der Waals surface area (Å²) in [6.07, 6.45) is -1.33. The number of carbonyl (C=O) groups is 5. The summed E-state index contributed by atoms with van der Waals surface area (Å²) < 4.78 is 10.2. The van der Waals surface area contributed by atoms with E-state index in [4.69, 9.17) is 21.1 Å². The van der Waals surface area contributed by atoms with Gasteiger partial charge in [-0.15, -0.1) is 0 Å². The molecule has 1 atom stereocenters. The van der Waals surface area contributed by atoms with Gasteiger partial charge in [0.1, 0.15) is 0 Å². The fourth-order valence-electron chi connectivity index (χ4n) is 3.19. The zero-order chi connectivity index (χ0) is 26.8. The molecule has 1 amide bonds. The van der Waals surface area contributed by atoms with Crippen molar-refractivity contribution in [3.05, 3.63) is 101 Å². The lowest BCUT2D eigenvalue weighted by Gasteiger charge is -2.12. The number of halogens is 1. The minimum atomic E-state index is -0.962. The molecule has 0 radical (unpaired) electrons. The van der Waals surface area contributed by atoms with Gasteiger partial charge in [0.05, 0.1) is 12.0 Å². The third-order valence-electron chi connectivity index (χ3n) is 5.20. The quantitative estimate of drug-likeness (QED) is 0.281. The van der Waals surface area contributed by atoms with Gasteiger partial charge in [0.25, 0.3) is 0 Å². The van der Waals surface area contributed by atoms with E-state index in [2.05, 4.69) is 5.32 Å². The molecule has 3 rings (SSSR count). The Morgan fingerprint density at radius 2 is 1.41 bits per heavy atom. The largest absolute Gasteiger partial charge is 0.457 e. The van der Waals surface area contributed by atoms with Crippen molar-refractivity contribution in [1.82, 2.24) is 0 Å². The number of ketones is 2. The molecule has 0 saturated heterocycles. The molecule has 0 aliphatic rings. The summed E-state index contributed by atoms with van der Waals surface area (Å²) in [5.74, 6) is -2.50. The monoisotopic (exact) mass is 521 g/mol. The first-order valence-electron chi connectivity index (χ1n) is 11.4. The predicted molar refractivity (Wildman–Crippen MR) is 137 cm³/mol. The number of nitrogens with one attached hydrogen (secondary N) is 1. The smallest absolute Gasteiger partial charge is 0.338 e. The third kappa shape index (κ3) is 8.40. The van der Waals surface area contributed by atoms with E-state index in [0.717, 1.165) is 0 Å². The van der Waals surface area contributed by atoms with Crippen molar-refractivity contribution >= 4 is 46.7 Å². The Kier molecular flexibility index (Phi) is 9.69. The topological polar surface area (TPSA) is 116 Å². The molecule has 0 spiro atoms. The van der Waals surface area contributed by atoms with Crippen molar-refractivity contribution in [3.63, 3.8) is 0 Å². The molecule has 9 heteroatoms. The molecule has 8 nitrogen and oxygen atoms in total. The SMILES string of the molecule is C[C@H](OC(=O)c1ccc(NC(=O)CCC(=O)OCC(=O)c2ccc(Cl)cc2)cc1)C(=O)c1ccccc1. The van der Waals surface area contributed by atoms with E-state index in [1.54, 1.807) is 42.5 Å². The van der Waals surface area contributed by atoms with Crippen molar-refractivity contribution in [1.29, 1.82) is 0 Å². The van der Waals surface area contributed by atoms with Gasteiger partial charge in [0.15, 0.2) is 18.5 Å². The first-order valence-corrected chi connectivity index (χ1v) is 11.8. The molecule has 37 heavy (non-hydrogen) atoms. The molecule has 0 aromatic heterocycles. The van der Waals surface area contributed by atoms with Crippen molar-refractivity contribution in [2.45, 2.75) is 25.9 Å². The Hall–Kier alpha value is -4.30. The van der Waals surface area contributed by atoms with Gasteiger partial charge >= 0.3 is 11.9 Å². The molecule has 0 heterocycles. The Labute approximate surface area is 218 Å².